The predicted molar refractivity (Wildman–Crippen MR) is 155 cm³/mol. The van der Waals surface area contributed by atoms with Crippen molar-refractivity contribution in [3.05, 3.63) is 101 Å². The molecule has 0 aliphatic rings. The topological polar surface area (TPSA) is 138 Å². The Balaban J connectivity index is 1.54. The fourth-order valence-electron chi connectivity index (χ4n) is 3.77. The van der Waals surface area contributed by atoms with E-state index in [2.05, 4.69) is 20.0 Å². The number of carbonyl (C=O) groups is 1. The van der Waals surface area contributed by atoms with Gasteiger partial charge in [-0.1, -0.05) is 35.9 Å². The SMILES string of the molecule is Cc1cc(C)nc(NS(=O)(=O)c2ccc(NC(=O)CN(c3ccc(C)c(Cl)c3)S(=O)(=O)c3ccccc3)cc2)n1. The van der Waals surface area contributed by atoms with Gasteiger partial charge in [0.05, 0.1) is 15.5 Å². The highest BCUT2D eigenvalue weighted by molar-refractivity contribution is 7.93. The van der Waals surface area contributed by atoms with Gasteiger partial charge in [0.15, 0.2) is 0 Å². The molecule has 0 spiro atoms. The molecule has 1 amide bonds. The van der Waals surface area contributed by atoms with Crippen molar-refractivity contribution in [1.82, 2.24) is 9.97 Å². The number of anilines is 3. The molecular weight excluding hydrogens is 574 g/mol. The van der Waals surface area contributed by atoms with Crippen LogP contribution < -0.4 is 14.3 Å². The highest BCUT2D eigenvalue weighted by Gasteiger charge is 2.27. The molecule has 1 aromatic heterocycles. The van der Waals surface area contributed by atoms with Crippen LogP contribution in [0.2, 0.25) is 5.02 Å². The van der Waals surface area contributed by atoms with Crippen LogP contribution in [0.5, 0.6) is 0 Å². The molecule has 0 bridgehead atoms. The number of sulfonamides is 2. The van der Waals surface area contributed by atoms with Crippen molar-refractivity contribution in [3.8, 4) is 0 Å². The number of nitrogens with zero attached hydrogens (tertiary/aromatic N) is 3. The van der Waals surface area contributed by atoms with Crippen molar-refractivity contribution in [2.24, 2.45) is 0 Å². The van der Waals surface area contributed by atoms with Crippen molar-refractivity contribution in [1.29, 1.82) is 0 Å². The molecule has 0 aliphatic heterocycles. The molecule has 0 saturated carbocycles. The zero-order valence-corrected chi connectivity index (χ0v) is 24.2. The Morgan fingerprint density at radius 2 is 1.45 bits per heavy atom. The minimum atomic E-state index is -4.12. The molecule has 208 valence electrons. The molecular formula is C27H26ClN5O5S2. The standard InChI is InChI=1S/C27H26ClN5O5S2/c1-18-9-12-22(16-25(18)28)33(40(37,38)24-7-5-4-6-8-24)17-26(34)31-21-10-13-23(14-11-21)39(35,36)32-27-29-19(2)15-20(3)30-27/h4-16H,17H2,1-3H3,(H,31,34)(H,29,30,32). The Hall–Kier alpha value is -4.00. The second-order valence-electron chi connectivity index (χ2n) is 8.91. The van der Waals surface area contributed by atoms with Crippen molar-refractivity contribution >= 4 is 54.9 Å². The lowest BCUT2D eigenvalue weighted by atomic mass is 10.2. The third kappa shape index (κ3) is 6.76. The van der Waals surface area contributed by atoms with Gasteiger partial charge in [-0.3, -0.25) is 9.10 Å². The maximum atomic E-state index is 13.5. The van der Waals surface area contributed by atoms with Gasteiger partial charge in [-0.2, -0.15) is 0 Å². The van der Waals surface area contributed by atoms with Gasteiger partial charge in [0.25, 0.3) is 20.0 Å². The summed E-state index contributed by atoms with van der Waals surface area (Å²) in [6, 6.07) is 19.6. The van der Waals surface area contributed by atoms with Crippen molar-refractivity contribution in [2.45, 2.75) is 30.6 Å². The van der Waals surface area contributed by atoms with E-state index in [0.717, 1.165) is 9.87 Å². The first-order valence-corrected chi connectivity index (χ1v) is 15.2. The Bertz CT molecular complexity index is 1750. The minimum absolute atomic E-state index is 0.00865. The van der Waals surface area contributed by atoms with E-state index < -0.39 is 32.5 Å². The fourth-order valence-corrected chi connectivity index (χ4v) is 6.32. The molecule has 10 nitrogen and oxygen atoms in total. The molecule has 0 fully saturated rings. The molecule has 40 heavy (non-hydrogen) atoms. The number of amides is 1. The first-order chi connectivity index (χ1) is 18.8. The van der Waals surface area contributed by atoms with Crippen LogP contribution in [-0.4, -0.2) is 39.3 Å². The molecule has 0 aliphatic carbocycles. The third-order valence-corrected chi connectivity index (χ3v) is 9.26. The maximum Gasteiger partial charge on any atom is 0.264 e. The summed E-state index contributed by atoms with van der Waals surface area (Å²) < 4.78 is 55.9. The van der Waals surface area contributed by atoms with Crippen LogP contribution in [0.1, 0.15) is 17.0 Å². The maximum absolute atomic E-state index is 13.5. The Morgan fingerprint density at radius 3 is 2.05 bits per heavy atom. The van der Waals surface area contributed by atoms with E-state index in [1.807, 2.05) is 0 Å². The molecule has 0 atom stereocenters. The van der Waals surface area contributed by atoms with Crippen LogP contribution in [0.25, 0.3) is 0 Å². The summed E-state index contributed by atoms with van der Waals surface area (Å²) in [5.41, 5.74) is 2.46. The van der Waals surface area contributed by atoms with Crippen LogP contribution in [0.4, 0.5) is 17.3 Å². The van der Waals surface area contributed by atoms with E-state index in [-0.39, 0.29) is 27.1 Å². The first-order valence-electron chi connectivity index (χ1n) is 11.9. The van der Waals surface area contributed by atoms with Gasteiger partial charge in [-0.05, 0) is 80.9 Å². The van der Waals surface area contributed by atoms with E-state index in [1.165, 1.54) is 42.5 Å². The molecule has 0 radical (unpaired) electrons. The van der Waals surface area contributed by atoms with Crippen LogP contribution >= 0.6 is 11.6 Å². The molecule has 13 heteroatoms. The molecule has 4 aromatic rings. The highest BCUT2D eigenvalue weighted by Crippen LogP contribution is 2.28. The smallest absolute Gasteiger partial charge is 0.264 e. The van der Waals surface area contributed by atoms with Crippen LogP contribution in [-0.2, 0) is 24.8 Å². The van der Waals surface area contributed by atoms with Gasteiger partial charge in [-0.15, -0.1) is 0 Å². The normalized spacial score (nSPS) is 11.6. The van der Waals surface area contributed by atoms with Gasteiger partial charge in [0, 0.05) is 22.1 Å². The third-order valence-electron chi connectivity index (χ3n) is 5.72. The Kier molecular flexibility index (Phi) is 8.43. The number of nitrogens with one attached hydrogen (secondary N) is 2. The lowest BCUT2D eigenvalue weighted by Crippen LogP contribution is -2.38. The average Bonchev–Trinajstić information content (AvgIpc) is 2.89. The van der Waals surface area contributed by atoms with Crippen molar-refractivity contribution < 1.29 is 21.6 Å². The van der Waals surface area contributed by atoms with Gasteiger partial charge in [0.2, 0.25) is 11.9 Å². The first kappa shape index (κ1) is 29.0. The van der Waals surface area contributed by atoms with Crippen LogP contribution in [0.15, 0.2) is 88.7 Å². The zero-order chi connectivity index (χ0) is 29.1. The fraction of sp³-hybridized carbons (Fsp3) is 0.148. The summed E-state index contributed by atoms with van der Waals surface area (Å²) >= 11 is 6.25. The van der Waals surface area contributed by atoms with Gasteiger partial charge in [-0.25, -0.2) is 31.5 Å². The number of benzene rings is 3. The van der Waals surface area contributed by atoms with Crippen molar-refractivity contribution in [3.63, 3.8) is 0 Å². The highest BCUT2D eigenvalue weighted by atomic mass is 35.5. The monoisotopic (exact) mass is 599 g/mol. The number of aromatic nitrogens is 2. The largest absolute Gasteiger partial charge is 0.325 e. The summed E-state index contributed by atoms with van der Waals surface area (Å²) in [4.78, 5) is 21.1. The molecule has 0 unspecified atom stereocenters. The summed E-state index contributed by atoms with van der Waals surface area (Å²) in [6.45, 7) is 4.68. The molecule has 1 heterocycles. The number of halogens is 1. The van der Waals surface area contributed by atoms with E-state index in [1.54, 1.807) is 57.2 Å². The van der Waals surface area contributed by atoms with Gasteiger partial charge >= 0.3 is 0 Å². The predicted octanol–water partition coefficient (Wildman–Crippen LogP) is 4.69. The molecule has 0 saturated heterocycles. The van der Waals surface area contributed by atoms with E-state index in [4.69, 9.17) is 11.6 Å². The lowest BCUT2D eigenvalue weighted by Gasteiger charge is -2.24. The second-order valence-corrected chi connectivity index (χ2v) is 12.9. The number of rotatable bonds is 9. The Morgan fingerprint density at radius 1 is 0.825 bits per heavy atom. The number of carbonyl (C=O) groups excluding carboxylic acids is 1. The molecule has 2 N–H and O–H groups in total. The summed E-state index contributed by atoms with van der Waals surface area (Å²) in [5.74, 6) is -0.695. The van der Waals surface area contributed by atoms with Crippen LogP contribution in [0, 0.1) is 20.8 Å². The number of hydrogen-bond acceptors (Lipinski definition) is 7. The van der Waals surface area contributed by atoms with E-state index in [9.17, 15) is 21.6 Å². The summed E-state index contributed by atoms with van der Waals surface area (Å²) in [5, 5.41) is 2.97. The quantitative estimate of drug-likeness (QED) is 0.284. The summed E-state index contributed by atoms with van der Waals surface area (Å²) in [6.07, 6.45) is 0. The van der Waals surface area contributed by atoms with Gasteiger partial charge < -0.3 is 5.32 Å². The average molecular weight is 600 g/mol. The lowest BCUT2D eigenvalue weighted by molar-refractivity contribution is -0.114. The zero-order valence-electron chi connectivity index (χ0n) is 21.8. The Labute approximate surface area is 238 Å². The number of hydrogen-bond donors (Lipinski definition) is 2. The molecule has 4 rings (SSSR count). The van der Waals surface area contributed by atoms with E-state index in [0.29, 0.717) is 16.4 Å². The van der Waals surface area contributed by atoms with Gasteiger partial charge in [0.1, 0.15) is 6.54 Å². The van der Waals surface area contributed by atoms with Crippen LogP contribution in [0.3, 0.4) is 0 Å². The van der Waals surface area contributed by atoms with E-state index >= 15 is 0 Å². The number of aryl methyl sites for hydroxylation is 3. The second kappa shape index (κ2) is 11.6. The molecule has 3 aromatic carbocycles. The summed E-state index contributed by atoms with van der Waals surface area (Å²) in [7, 11) is -8.11. The minimum Gasteiger partial charge on any atom is -0.325 e. The van der Waals surface area contributed by atoms with Crippen molar-refractivity contribution in [2.75, 3.05) is 20.9 Å².